The van der Waals surface area contributed by atoms with E-state index in [9.17, 15) is 5.11 Å². The van der Waals surface area contributed by atoms with Crippen molar-refractivity contribution in [2.24, 2.45) is 0 Å². The molecule has 0 spiro atoms. The second-order valence-corrected chi connectivity index (χ2v) is 4.88. The lowest BCUT2D eigenvalue weighted by molar-refractivity contribution is 0.475. The third kappa shape index (κ3) is 3.30. The Kier molecular flexibility index (Phi) is 3.71. The molecular weight excluding hydrogens is 286 g/mol. The van der Waals surface area contributed by atoms with Gasteiger partial charge in [0.25, 0.3) is 0 Å². The van der Waals surface area contributed by atoms with Crippen molar-refractivity contribution in [1.29, 1.82) is 0 Å². The van der Waals surface area contributed by atoms with E-state index in [2.05, 4.69) is 15.3 Å². The summed E-state index contributed by atoms with van der Waals surface area (Å²) in [5, 5.41) is 13.2. The molecule has 2 aromatic carbocycles. The second-order valence-electron chi connectivity index (χ2n) is 4.45. The molecule has 21 heavy (non-hydrogen) atoms. The number of aromatic nitrogens is 2. The SMILES string of the molecule is Oc1cccc(Nc2nccc(-c3ccc(Cl)cc3)n2)c1. The average molecular weight is 298 g/mol. The smallest absolute Gasteiger partial charge is 0.227 e. The molecule has 5 heteroatoms. The van der Waals surface area contributed by atoms with Gasteiger partial charge in [0.15, 0.2) is 0 Å². The Morgan fingerprint density at radius 2 is 1.81 bits per heavy atom. The summed E-state index contributed by atoms with van der Waals surface area (Å²) in [7, 11) is 0. The molecular formula is C16H12ClN3O. The zero-order valence-corrected chi connectivity index (χ0v) is 11.7. The number of aromatic hydroxyl groups is 1. The summed E-state index contributed by atoms with van der Waals surface area (Å²) in [6.07, 6.45) is 1.68. The van der Waals surface area contributed by atoms with Gasteiger partial charge >= 0.3 is 0 Å². The number of rotatable bonds is 3. The van der Waals surface area contributed by atoms with Gasteiger partial charge in [-0.25, -0.2) is 9.97 Å². The molecule has 0 fully saturated rings. The summed E-state index contributed by atoms with van der Waals surface area (Å²) in [5.41, 5.74) is 2.48. The van der Waals surface area contributed by atoms with Crippen LogP contribution in [0, 0.1) is 0 Å². The highest BCUT2D eigenvalue weighted by Gasteiger charge is 2.03. The Morgan fingerprint density at radius 1 is 1.00 bits per heavy atom. The monoisotopic (exact) mass is 297 g/mol. The van der Waals surface area contributed by atoms with Crippen LogP contribution in [-0.2, 0) is 0 Å². The molecule has 4 nitrogen and oxygen atoms in total. The maximum atomic E-state index is 9.46. The molecule has 1 heterocycles. The van der Waals surface area contributed by atoms with Gasteiger partial charge in [0.1, 0.15) is 5.75 Å². The molecule has 1 aromatic heterocycles. The van der Waals surface area contributed by atoms with E-state index < -0.39 is 0 Å². The predicted octanol–water partition coefficient (Wildman–Crippen LogP) is 4.25. The third-order valence-corrected chi connectivity index (χ3v) is 3.15. The molecule has 0 bridgehead atoms. The Bertz CT molecular complexity index is 759. The zero-order valence-electron chi connectivity index (χ0n) is 11.0. The summed E-state index contributed by atoms with van der Waals surface area (Å²) in [6, 6.07) is 16.1. The lowest BCUT2D eigenvalue weighted by Crippen LogP contribution is -1.97. The number of hydrogen-bond donors (Lipinski definition) is 2. The lowest BCUT2D eigenvalue weighted by atomic mass is 10.1. The average Bonchev–Trinajstić information content (AvgIpc) is 2.48. The fraction of sp³-hybridized carbons (Fsp3) is 0. The van der Waals surface area contributed by atoms with Gasteiger partial charge in [-0.1, -0.05) is 29.8 Å². The maximum absolute atomic E-state index is 9.46. The number of hydrogen-bond acceptors (Lipinski definition) is 4. The number of nitrogens with one attached hydrogen (secondary N) is 1. The van der Waals surface area contributed by atoms with Crippen molar-refractivity contribution in [3.05, 3.63) is 65.8 Å². The van der Waals surface area contributed by atoms with E-state index in [4.69, 9.17) is 11.6 Å². The number of benzene rings is 2. The molecule has 0 aliphatic carbocycles. The molecule has 0 aliphatic rings. The van der Waals surface area contributed by atoms with E-state index in [1.165, 1.54) is 0 Å². The van der Waals surface area contributed by atoms with Crippen LogP contribution in [0.4, 0.5) is 11.6 Å². The van der Waals surface area contributed by atoms with Crippen LogP contribution in [0.3, 0.4) is 0 Å². The number of nitrogens with zero attached hydrogens (tertiary/aromatic N) is 2. The van der Waals surface area contributed by atoms with Gasteiger partial charge in [0.2, 0.25) is 5.95 Å². The van der Waals surface area contributed by atoms with E-state index in [0.29, 0.717) is 11.0 Å². The first-order valence-electron chi connectivity index (χ1n) is 6.36. The van der Waals surface area contributed by atoms with E-state index >= 15 is 0 Å². The van der Waals surface area contributed by atoms with Crippen LogP contribution in [0.2, 0.25) is 5.02 Å². The highest BCUT2D eigenvalue weighted by atomic mass is 35.5. The first kappa shape index (κ1) is 13.4. The van der Waals surface area contributed by atoms with Crippen LogP contribution in [-0.4, -0.2) is 15.1 Å². The van der Waals surface area contributed by atoms with Crippen LogP contribution in [0.5, 0.6) is 5.75 Å². The summed E-state index contributed by atoms with van der Waals surface area (Å²) in [5.74, 6) is 0.655. The molecule has 0 amide bonds. The van der Waals surface area contributed by atoms with Gasteiger partial charge in [-0.2, -0.15) is 0 Å². The summed E-state index contributed by atoms with van der Waals surface area (Å²) >= 11 is 5.88. The van der Waals surface area contributed by atoms with Crippen LogP contribution >= 0.6 is 11.6 Å². The Hall–Kier alpha value is -2.59. The van der Waals surface area contributed by atoms with Gasteiger partial charge in [0, 0.05) is 28.5 Å². The Labute approximate surface area is 127 Å². The summed E-state index contributed by atoms with van der Waals surface area (Å²) in [6.45, 7) is 0. The summed E-state index contributed by atoms with van der Waals surface area (Å²) in [4.78, 5) is 8.63. The first-order chi connectivity index (χ1) is 10.2. The van der Waals surface area contributed by atoms with Crippen molar-refractivity contribution >= 4 is 23.2 Å². The molecule has 2 N–H and O–H groups in total. The van der Waals surface area contributed by atoms with Crippen molar-refractivity contribution in [3.63, 3.8) is 0 Å². The van der Waals surface area contributed by atoms with E-state index in [1.54, 1.807) is 24.4 Å². The van der Waals surface area contributed by atoms with Crippen LogP contribution in [0.1, 0.15) is 0 Å². The highest BCUT2D eigenvalue weighted by Crippen LogP contribution is 2.22. The molecule has 0 atom stereocenters. The van der Waals surface area contributed by atoms with Gasteiger partial charge in [-0.05, 0) is 30.3 Å². The minimum absolute atomic E-state index is 0.189. The third-order valence-electron chi connectivity index (χ3n) is 2.90. The maximum Gasteiger partial charge on any atom is 0.227 e. The molecule has 104 valence electrons. The number of phenolic OH excluding ortho intramolecular Hbond substituents is 1. The van der Waals surface area contributed by atoms with Gasteiger partial charge in [-0.15, -0.1) is 0 Å². The second kappa shape index (κ2) is 5.81. The minimum atomic E-state index is 0.189. The topological polar surface area (TPSA) is 58.0 Å². The molecule has 0 aliphatic heterocycles. The molecule has 3 rings (SSSR count). The largest absolute Gasteiger partial charge is 0.508 e. The number of halogens is 1. The van der Waals surface area contributed by atoms with E-state index in [-0.39, 0.29) is 5.75 Å². The summed E-state index contributed by atoms with van der Waals surface area (Å²) < 4.78 is 0. The van der Waals surface area contributed by atoms with Crippen molar-refractivity contribution in [2.75, 3.05) is 5.32 Å². The van der Waals surface area contributed by atoms with Crippen molar-refractivity contribution in [3.8, 4) is 17.0 Å². The normalized spacial score (nSPS) is 10.3. The van der Waals surface area contributed by atoms with Crippen LogP contribution in [0.15, 0.2) is 60.8 Å². The van der Waals surface area contributed by atoms with Crippen LogP contribution < -0.4 is 5.32 Å². The molecule has 0 unspecified atom stereocenters. The Balaban J connectivity index is 1.88. The van der Waals surface area contributed by atoms with Gasteiger partial charge in [-0.3, -0.25) is 0 Å². The lowest BCUT2D eigenvalue weighted by Gasteiger charge is -2.07. The van der Waals surface area contributed by atoms with E-state index in [0.717, 1.165) is 16.9 Å². The zero-order chi connectivity index (χ0) is 14.7. The fourth-order valence-corrected chi connectivity index (χ4v) is 2.04. The molecule has 0 saturated heterocycles. The standard InChI is InChI=1S/C16H12ClN3O/c17-12-6-4-11(5-7-12)15-8-9-18-16(20-15)19-13-2-1-3-14(21)10-13/h1-10,21H,(H,18,19,20). The van der Waals surface area contributed by atoms with Crippen molar-refractivity contribution < 1.29 is 5.11 Å². The minimum Gasteiger partial charge on any atom is -0.508 e. The fourth-order valence-electron chi connectivity index (χ4n) is 1.91. The number of phenols is 1. The molecule has 3 aromatic rings. The van der Waals surface area contributed by atoms with Crippen molar-refractivity contribution in [2.45, 2.75) is 0 Å². The van der Waals surface area contributed by atoms with Gasteiger partial charge in [0.05, 0.1) is 5.69 Å². The van der Waals surface area contributed by atoms with Gasteiger partial charge < -0.3 is 10.4 Å². The highest BCUT2D eigenvalue weighted by molar-refractivity contribution is 6.30. The van der Waals surface area contributed by atoms with E-state index in [1.807, 2.05) is 36.4 Å². The predicted molar refractivity (Wildman–Crippen MR) is 83.9 cm³/mol. The molecule has 0 saturated carbocycles. The van der Waals surface area contributed by atoms with Crippen molar-refractivity contribution in [1.82, 2.24) is 9.97 Å². The Morgan fingerprint density at radius 3 is 2.57 bits per heavy atom. The first-order valence-corrected chi connectivity index (χ1v) is 6.73. The van der Waals surface area contributed by atoms with Crippen LogP contribution in [0.25, 0.3) is 11.3 Å². The number of anilines is 2. The molecule has 0 radical (unpaired) electrons. The quantitative estimate of drug-likeness (QED) is 0.759.